The zero-order valence-corrected chi connectivity index (χ0v) is 10.1. The van der Waals surface area contributed by atoms with Gasteiger partial charge in [-0.05, 0) is 39.2 Å². The van der Waals surface area contributed by atoms with E-state index >= 15 is 0 Å². The molecule has 1 fully saturated rings. The molecule has 3 nitrogen and oxygen atoms in total. The first-order valence-corrected chi connectivity index (χ1v) is 5.85. The topological polar surface area (TPSA) is 38.3 Å². The molecule has 0 aromatic heterocycles. The van der Waals surface area contributed by atoms with Crippen molar-refractivity contribution in [2.75, 3.05) is 20.2 Å². The van der Waals surface area contributed by atoms with E-state index in [-0.39, 0.29) is 5.97 Å². The molecule has 0 radical (unpaired) electrons. The van der Waals surface area contributed by atoms with Gasteiger partial charge in [-0.2, -0.15) is 0 Å². The van der Waals surface area contributed by atoms with E-state index in [1.54, 1.807) is 0 Å². The molecule has 1 saturated carbocycles. The van der Waals surface area contributed by atoms with Crippen LogP contribution in [0.5, 0.6) is 0 Å². The van der Waals surface area contributed by atoms with Crippen LogP contribution in [0.2, 0.25) is 0 Å². The molecule has 0 atom stereocenters. The molecule has 88 valence electrons. The van der Waals surface area contributed by atoms with Crippen LogP contribution in [-0.4, -0.2) is 26.2 Å². The first kappa shape index (κ1) is 12.5. The lowest BCUT2D eigenvalue weighted by Crippen LogP contribution is -2.37. The van der Waals surface area contributed by atoms with E-state index in [2.05, 4.69) is 5.32 Å². The van der Waals surface area contributed by atoms with E-state index in [1.807, 2.05) is 13.8 Å². The van der Waals surface area contributed by atoms with Crippen LogP contribution >= 0.6 is 0 Å². The molecule has 15 heavy (non-hydrogen) atoms. The van der Waals surface area contributed by atoms with Crippen molar-refractivity contribution in [3.63, 3.8) is 0 Å². The lowest BCUT2D eigenvalue weighted by atomic mass is 9.94. The Bertz CT molecular complexity index is 210. The minimum Gasteiger partial charge on any atom is -0.469 e. The van der Waals surface area contributed by atoms with Gasteiger partial charge in [0.05, 0.1) is 12.5 Å². The van der Waals surface area contributed by atoms with Gasteiger partial charge in [-0.3, -0.25) is 4.79 Å². The summed E-state index contributed by atoms with van der Waals surface area (Å²) in [6.45, 7) is 5.53. The largest absolute Gasteiger partial charge is 0.469 e. The number of ether oxygens (including phenoxy) is 1. The molecule has 3 heteroatoms. The second-order valence-corrected chi connectivity index (χ2v) is 5.14. The van der Waals surface area contributed by atoms with Crippen molar-refractivity contribution in [1.29, 1.82) is 0 Å². The summed E-state index contributed by atoms with van der Waals surface area (Å²) in [6.07, 6.45) is 5.41. The zero-order valence-electron chi connectivity index (χ0n) is 10.1. The number of carbonyl (C=O) groups excluding carboxylic acids is 1. The van der Waals surface area contributed by atoms with Crippen molar-refractivity contribution in [3.05, 3.63) is 0 Å². The van der Waals surface area contributed by atoms with Crippen LogP contribution in [0.1, 0.15) is 39.5 Å². The molecule has 0 bridgehead atoms. The molecule has 1 aliphatic carbocycles. The van der Waals surface area contributed by atoms with Crippen LogP contribution in [-0.2, 0) is 9.53 Å². The number of hydrogen-bond acceptors (Lipinski definition) is 3. The lowest BCUT2D eigenvalue weighted by Gasteiger charge is -2.21. The highest BCUT2D eigenvalue weighted by Gasteiger charge is 2.28. The van der Waals surface area contributed by atoms with Crippen LogP contribution < -0.4 is 5.32 Å². The third kappa shape index (κ3) is 4.65. The summed E-state index contributed by atoms with van der Waals surface area (Å²) in [6, 6.07) is 0. The summed E-state index contributed by atoms with van der Waals surface area (Å²) in [5.74, 6) is 0.859. The van der Waals surface area contributed by atoms with Gasteiger partial charge in [0.1, 0.15) is 0 Å². The fraction of sp³-hybridized carbons (Fsp3) is 0.917. The Balaban J connectivity index is 2.03. The van der Waals surface area contributed by atoms with Crippen molar-refractivity contribution in [2.24, 2.45) is 11.3 Å². The maximum Gasteiger partial charge on any atom is 0.312 e. The second-order valence-electron chi connectivity index (χ2n) is 5.14. The minimum atomic E-state index is -0.408. The van der Waals surface area contributed by atoms with E-state index in [4.69, 9.17) is 4.74 Å². The maximum atomic E-state index is 11.4. The third-order valence-electron chi connectivity index (χ3n) is 2.97. The summed E-state index contributed by atoms with van der Waals surface area (Å²) >= 11 is 0. The Labute approximate surface area is 92.6 Å². The molecular formula is C12H23NO2. The van der Waals surface area contributed by atoms with E-state index in [9.17, 15) is 4.79 Å². The average Bonchev–Trinajstić information content (AvgIpc) is 2.99. The monoisotopic (exact) mass is 213 g/mol. The first-order valence-electron chi connectivity index (χ1n) is 5.85. The number of esters is 1. The summed E-state index contributed by atoms with van der Waals surface area (Å²) < 4.78 is 4.74. The molecule has 0 spiro atoms. The third-order valence-corrected chi connectivity index (χ3v) is 2.97. The molecule has 0 saturated heterocycles. The molecule has 1 rings (SSSR count). The van der Waals surface area contributed by atoms with Gasteiger partial charge in [0, 0.05) is 6.54 Å². The number of rotatable bonds is 7. The van der Waals surface area contributed by atoms with Gasteiger partial charge in [0.25, 0.3) is 0 Å². The van der Waals surface area contributed by atoms with Crippen molar-refractivity contribution < 1.29 is 9.53 Å². The van der Waals surface area contributed by atoms with Crippen LogP contribution in [0.4, 0.5) is 0 Å². The molecule has 1 N–H and O–H groups in total. The molecule has 0 aromatic carbocycles. The average molecular weight is 213 g/mol. The van der Waals surface area contributed by atoms with E-state index < -0.39 is 5.41 Å². The number of methoxy groups -OCH3 is 1. The highest BCUT2D eigenvalue weighted by atomic mass is 16.5. The van der Waals surface area contributed by atoms with Gasteiger partial charge < -0.3 is 10.1 Å². The summed E-state index contributed by atoms with van der Waals surface area (Å²) in [7, 11) is 1.44. The van der Waals surface area contributed by atoms with Gasteiger partial charge in [0.15, 0.2) is 0 Å². The highest BCUT2D eigenvalue weighted by molar-refractivity contribution is 5.75. The first-order chi connectivity index (χ1) is 7.06. The van der Waals surface area contributed by atoms with Gasteiger partial charge >= 0.3 is 5.97 Å². The molecule has 0 aromatic rings. The normalized spacial score (nSPS) is 16.5. The smallest absolute Gasteiger partial charge is 0.312 e. The fourth-order valence-corrected chi connectivity index (χ4v) is 1.67. The van der Waals surface area contributed by atoms with Crippen LogP contribution in [0.15, 0.2) is 0 Å². The fourth-order valence-electron chi connectivity index (χ4n) is 1.67. The number of nitrogens with one attached hydrogen (secondary N) is 1. The van der Waals surface area contributed by atoms with Crippen LogP contribution in [0.25, 0.3) is 0 Å². The van der Waals surface area contributed by atoms with Crippen LogP contribution in [0, 0.1) is 11.3 Å². The quantitative estimate of drug-likeness (QED) is 0.519. The van der Waals surface area contributed by atoms with E-state index in [1.165, 1.54) is 32.8 Å². The highest BCUT2D eigenvalue weighted by Crippen LogP contribution is 2.33. The molecule has 0 aliphatic heterocycles. The Morgan fingerprint density at radius 2 is 2.13 bits per heavy atom. The standard InChI is InChI=1S/C12H23NO2/c1-12(2,11(14)15-3)9-13-8-4-5-10-6-7-10/h10,13H,4-9H2,1-3H3. The second kappa shape index (κ2) is 5.50. The predicted octanol–water partition coefficient (Wildman–Crippen LogP) is 1.97. The molecule has 0 unspecified atom stereocenters. The minimum absolute atomic E-state index is 0.141. The molecule has 0 amide bonds. The summed E-state index contributed by atoms with van der Waals surface area (Å²) in [5.41, 5.74) is -0.408. The van der Waals surface area contributed by atoms with Gasteiger partial charge in [0.2, 0.25) is 0 Å². The van der Waals surface area contributed by atoms with Gasteiger partial charge in [-0.1, -0.05) is 12.8 Å². The maximum absolute atomic E-state index is 11.4. The Morgan fingerprint density at radius 3 is 2.67 bits per heavy atom. The lowest BCUT2D eigenvalue weighted by molar-refractivity contribution is -0.150. The molecule has 1 aliphatic rings. The van der Waals surface area contributed by atoms with Crippen molar-refractivity contribution in [2.45, 2.75) is 39.5 Å². The van der Waals surface area contributed by atoms with Gasteiger partial charge in [-0.15, -0.1) is 0 Å². The Morgan fingerprint density at radius 1 is 1.47 bits per heavy atom. The zero-order chi connectivity index (χ0) is 11.3. The number of hydrogen-bond donors (Lipinski definition) is 1. The van der Waals surface area contributed by atoms with Crippen molar-refractivity contribution >= 4 is 5.97 Å². The number of carbonyl (C=O) groups is 1. The summed E-state index contributed by atoms with van der Waals surface area (Å²) in [5, 5.41) is 3.32. The van der Waals surface area contributed by atoms with Crippen molar-refractivity contribution in [1.82, 2.24) is 5.32 Å². The van der Waals surface area contributed by atoms with E-state index in [0.29, 0.717) is 6.54 Å². The SMILES string of the molecule is COC(=O)C(C)(C)CNCCCC1CC1. The predicted molar refractivity (Wildman–Crippen MR) is 60.6 cm³/mol. The van der Waals surface area contributed by atoms with Gasteiger partial charge in [-0.25, -0.2) is 0 Å². The summed E-state index contributed by atoms with van der Waals surface area (Å²) in [4.78, 5) is 11.4. The van der Waals surface area contributed by atoms with Crippen molar-refractivity contribution in [3.8, 4) is 0 Å². The Kier molecular flexibility index (Phi) is 4.58. The van der Waals surface area contributed by atoms with Crippen LogP contribution in [0.3, 0.4) is 0 Å². The molecular weight excluding hydrogens is 190 g/mol. The van der Waals surface area contributed by atoms with E-state index in [0.717, 1.165) is 12.5 Å². The molecule has 0 heterocycles. The Hall–Kier alpha value is -0.570.